The van der Waals surface area contributed by atoms with Crippen LogP contribution >= 0.6 is 12.4 Å². The third-order valence-electron chi connectivity index (χ3n) is 4.08. The molecule has 0 aliphatic carbocycles. The van der Waals surface area contributed by atoms with Gasteiger partial charge in [0.1, 0.15) is 16.5 Å². The van der Waals surface area contributed by atoms with Crippen molar-refractivity contribution in [2.24, 2.45) is 0 Å². The summed E-state index contributed by atoms with van der Waals surface area (Å²) < 4.78 is 46.5. The van der Waals surface area contributed by atoms with Gasteiger partial charge in [-0.05, 0) is 29.8 Å². The number of rotatable bonds is 4. The van der Waals surface area contributed by atoms with E-state index < -0.39 is 16.1 Å². The van der Waals surface area contributed by atoms with Crippen LogP contribution in [0.2, 0.25) is 0 Å². The lowest BCUT2D eigenvalue weighted by atomic mass is 10.1. The average Bonchev–Trinajstić information content (AvgIpc) is 2.61. The fraction of sp³-hybridized carbons (Fsp3) is 0.294. The minimum atomic E-state index is -3.77. The van der Waals surface area contributed by atoms with E-state index in [-0.39, 0.29) is 23.1 Å². The van der Waals surface area contributed by atoms with Gasteiger partial charge >= 0.3 is 0 Å². The molecule has 25 heavy (non-hydrogen) atoms. The quantitative estimate of drug-likeness (QED) is 0.877. The normalized spacial score (nSPS) is 18.4. The maximum Gasteiger partial charge on any atom is 0.247 e. The SMILES string of the molecule is COc1ccccc1S(=O)(=O)N1CCNCC1c1cccc(F)c1.Cl. The van der Waals surface area contributed by atoms with E-state index in [4.69, 9.17) is 4.74 Å². The highest BCUT2D eigenvalue weighted by atomic mass is 35.5. The molecule has 1 atom stereocenters. The monoisotopic (exact) mass is 386 g/mol. The Morgan fingerprint density at radius 3 is 2.68 bits per heavy atom. The van der Waals surface area contributed by atoms with E-state index in [1.54, 1.807) is 30.3 Å². The summed E-state index contributed by atoms with van der Waals surface area (Å²) in [7, 11) is -2.33. The van der Waals surface area contributed by atoms with Crippen LogP contribution in [0, 0.1) is 5.82 Å². The largest absolute Gasteiger partial charge is 0.495 e. The maximum absolute atomic E-state index is 13.6. The predicted octanol–water partition coefficient (Wildman–Crippen LogP) is 2.59. The van der Waals surface area contributed by atoms with Crippen LogP contribution in [-0.2, 0) is 10.0 Å². The van der Waals surface area contributed by atoms with Crippen molar-refractivity contribution >= 4 is 22.4 Å². The van der Waals surface area contributed by atoms with Crippen LogP contribution in [0.25, 0.3) is 0 Å². The second kappa shape index (κ2) is 8.14. The molecule has 0 amide bonds. The summed E-state index contributed by atoms with van der Waals surface area (Å²) in [6, 6.07) is 12.1. The van der Waals surface area contributed by atoms with Crippen molar-refractivity contribution in [3.05, 3.63) is 59.9 Å². The molecular weight excluding hydrogens is 367 g/mol. The lowest BCUT2D eigenvalue weighted by molar-refractivity contribution is 0.270. The van der Waals surface area contributed by atoms with Crippen molar-refractivity contribution in [2.75, 3.05) is 26.7 Å². The van der Waals surface area contributed by atoms with Crippen molar-refractivity contribution in [3.63, 3.8) is 0 Å². The Bertz CT molecular complexity index is 832. The summed E-state index contributed by atoms with van der Waals surface area (Å²) in [6.45, 7) is 1.28. The first kappa shape index (κ1) is 19.7. The van der Waals surface area contributed by atoms with E-state index in [2.05, 4.69) is 5.32 Å². The number of ether oxygens (including phenoxy) is 1. The first-order valence-electron chi connectivity index (χ1n) is 7.65. The molecule has 1 saturated heterocycles. The Kier molecular flexibility index (Phi) is 6.40. The summed E-state index contributed by atoms with van der Waals surface area (Å²) in [5, 5.41) is 3.18. The van der Waals surface area contributed by atoms with E-state index in [9.17, 15) is 12.8 Å². The third kappa shape index (κ3) is 3.95. The lowest BCUT2D eigenvalue weighted by Gasteiger charge is -2.35. The highest BCUT2D eigenvalue weighted by Gasteiger charge is 2.36. The van der Waals surface area contributed by atoms with Crippen molar-refractivity contribution in [2.45, 2.75) is 10.9 Å². The number of benzene rings is 2. The van der Waals surface area contributed by atoms with Gasteiger partial charge in [0.05, 0.1) is 13.2 Å². The predicted molar refractivity (Wildman–Crippen MR) is 96.1 cm³/mol. The fourth-order valence-corrected chi connectivity index (χ4v) is 4.70. The first-order valence-corrected chi connectivity index (χ1v) is 9.09. The van der Waals surface area contributed by atoms with Crippen molar-refractivity contribution in [3.8, 4) is 5.75 Å². The molecule has 8 heteroatoms. The minimum absolute atomic E-state index is 0. The van der Waals surface area contributed by atoms with Gasteiger partial charge in [0, 0.05) is 19.6 Å². The van der Waals surface area contributed by atoms with E-state index in [0.717, 1.165) is 0 Å². The van der Waals surface area contributed by atoms with Gasteiger partial charge in [-0.3, -0.25) is 0 Å². The van der Waals surface area contributed by atoms with Crippen LogP contribution in [0.5, 0.6) is 5.75 Å². The summed E-state index contributed by atoms with van der Waals surface area (Å²) >= 11 is 0. The smallest absolute Gasteiger partial charge is 0.247 e. The standard InChI is InChI=1S/C17H19FN2O3S.ClH/c1-23-16-7-2-3-8-17(16)24(21,22)20-10-9-19-12-15(20)13-5-4-6-14(18)11-13;/h2-8,11,15,19H,9-10,12H2,1H3;1H. The number of hydrogen-bond acceptors (Lipinski definition) is 4. The van der Waals surface area contributed by atoms with Gasteiger partial charge in [0.2, 0.25) is 10.0 Å². The summed E-state index contributed by atoms with van der Waals surface area (Å²) in [6.07, 6.45) is 0. The Balaban J connectivity index is 0.00000225. The second-order valence-corrected chi connectivity index (χ2v) is 7.40. The molecule has 3 rings (SSSR count). The molecule has 0 radical (unpaired) electrons. The van der Waals surface area contributed by atoms with Crippen LogP contribution in [0.4, 0.5) is 4.39 Å². The van der Waals surface area contributed by atoms with Crippen LogP contribution in [0.1, 0.15) is 11.6 Å². The summed E-state index contributed by atoms with van der Waals surface area (Å²) in [4.78, 5) is 0.121. The third-order valence-corrected chi connectivity index (χ3v) is 6.03. The number of piperazine rings is 1. The van der Waals surface area contributed by atoms with Gasteiger partial charge in [0.25, 0.3) is 0 Å². The van der Waals surface area contributed by atoms with Crippen LogP contribution in [0.3, 0.4) is 0 Å². The molecule has 5 nitrogen and oxygen atoms in total. The molecule has 1 fully saturated rings. The number of methoxy groups -OCH3 is 1. The number of nitrogens with zero attached hydrogens (tertiary/aromatic N) is 1. The molecule has 0 aromatic heterocycles. The van der Waals surface area contributed by atoms with E-state index in [1.165, 1.54) is 29.6 Å². The average molecular weight is 387 g/mol. The molecular formula is C17H20ClFN2O3S. The molecule has 2 aromatic carbocycles. The van der Waals surface area contributed by atoms with Crippen LogP contribution in [-0.4, -0.2) is 39.5 Å². The minimum Gasteiger partial charge on any atom is -0.495 e. The van der Waals surface area contributed by atoms with Gasteiger partial charge in [-0.25, -0.2) is 12.8 Å². The molecule has 1 unspecified atom stereocenters. The van der Waals surface area contributed by atoms with E-state index in [1.807, 2.05) is 0 Å². The van der Waals surface area contributed by atoms with E-state index >= 15 is 0 Å². The van der Waals surface area contributed by atoms with Crippen LogP contribution < -0.4 is 10.1 Å². The maximum atomic E-state index is 13.6. The van der Waals surface area contributed by atoms with Crippen LogP contribution in [0.15, 0.2) is 53.4 Å². The zero-order chi connectivity index (χ0) is 17.2. The number of sulfonamides is 1. The van der Waals surface area contributed by atoms with Crippen molar-refractivity contribution in [1.29, 1.82) is 0 Å². The van der Waals surface area contributed by atoms with Crippen molar-refractivity contribution in [1.82, 2.24) is 9.62 Å². The molecule has 1 aliphatic heterocycles. The molecule has 0 spiro atoms. The first-order chi connectivity index (χ1) is 11.5. The fourth-order valence-electron chi connectivity index (χ4n) is 2.93. The van der Waals surface area contributed by atoms with Gasteiger partial charge in [-0.1, -0.05) is 24.3 Å². The zero-order valence-electron chi connectivity index (χ0n) is 13.7. The van der Waals surface area contributed by atoms with Gasteiger partial charge in [0.15, 0.2) is 0 Å². The Morgan fingerprint density at radius 2 is 1.96 bits per heavy atom. The molecule has 1 heterocycles. The Labute approximate surface area is 153 Å². The van der Waals surface area contributed by atoms with Crippen molar-refractivity contribution < 1.29 is 17.5 Å². The number of nitrogens with one attached hydrogen (secondary N) is 1. The summed E-state index contributed by atoms with van der Waals surface area (Å²) in [5.41, 5.74) is 0.626. The number of halogens is 2. The van der Waals surface area contributed by atoms with Gasteiger partial charge < -0.3 is 10.1 Å². The Morgan fingerprint density at radius 1 is 1.20 bits per heavy atom. The molecule has 1 aliphatic rings. The van der Waals surface area contributed by atoms with E-state index in [0.29, 0.717) is 30.9 Å². The molecule has 0 saturated carbocycles. The summed E-state index contributed by atoms with van der Waals surface area (Å²) in [5.74, 6) is -0.0817. The van der Waals surface area contributed by atoms with Gasteiger partial charge in [-0.2, -0.15) is 4.31 Å². The molecule has 1 N–H and O–H groups in total. The number of hydrogen-bond donors (Lipinski definition) is 1. The molecule has 2 aromatic rings. The lowest BCUT2D eigenvalue weighted by Crippen LogP contribution is -2.48. The highest BCUT2D eigenvalue weighted by Crippen LogP contribution is 2.33. The molecule has 136 valence electrons. The Hall–Kier alpha value is -1.67. The second-order valence-electron chi connectivity index (χ2n) is 5.54. The molecule has 0 bridgehead atoms. The highest BCUT2D eigenvalue weighted by molar-refractivity contribution is 7.89. The van der Waals surface area contributed by atoms with Gasteiger partial charge in [-0.15, -0.1) is 12.4 Å². The topological polar surface area (TPSA) is 58.6 Å². The zero-order valence-corrected chi connectivity index (χ0v) is 15.3. The number of para-hydroxylation sites is 1.